The molecule has 2 heterocycles. The van der Waals surface area contributed by atoms with E-state index < -0.39 is 0 Å². The summed E-state index contributed by atoms with van der Waals surface area (Å²) in [6.45, 7) is 3.60. The molecule has 0 spiro atoms. The van der Waals surface area contributed by atoms with Crippen LogP contribution in [0.2, 0.25) is 0 Å². The van der Waals surface area contributed by atoms with Crippen LogP contribution in [0.25, 0.3) is 44.1 Å². The van der Waals surface area contributed by atoms with E-state index >= 15 is 0 Å². The lowest BCUT2D eigenvalue weighted by atomic mass is 9.98. The van der Waals surface area contributed by atoms with Gasteiger partial charge in [0.25, 0.3) is 0 Å². The minimum Gasteiger partial charge on any atom is -0.436 e. The van der Waals surface area contributed by atoms with Crippen molar-refractivity contribution in [2.45, 2.75) is 13.8 Å². The fourth-order valence-electron chi connectivity index (χ4n) is 3.64. The Hall–Kier alpha value is -3.57. The number of aryl methyl sites for hydroxylation is 1. The van der Waals surface area contributed by atoms with Crippen molar-refractivity contribution < 1.29 is 13.6 Å². The summed E-state index contributed by atoms with van der Waals surface area (Å²) in [7, 11) is 0. The lowest BCUT2D eigenvalue weighted by Gasteiger charge is -2.07. The summed E-state index contributed by atoms with van der Waals surface area (Å²) in [5.74, 6) is 0.376. The number of fused-ring (bicyclic) bond motifs is 1. The number of ketones is 1. The Kier molecular flexibility index (Phi) is 4.75. The number of Topliss-reactive ketones (excluding diaryl/α,β-unsaturated/α-hetero) is 1. The Balaban J connectivity index is 1.49. The third kappa shape index (κ3) is 3.68. The molecule has 0 aliphatic heterocycles. The van der Waals surface area contributed by atoms with Crippen LogP contribution in [-0.2, 0) is 0 Å². The molecule has 0 aliphatic carbocycles. The molecule has 5 rings (SSSR count). The fraction of sp³-hybridized carbons (Fsp3) is 0.0769. The van der Waals surface area contributed by atoms with Crippen molar-refractivity contribution in [1.29, 1.82) is 0 Å². The molecular weight excluding hydrogens is 409 g/mol. The standard InChI is InChI=1S/C26H18FNO2S/c1-15-13-19(5-9-21(15)17-3-7-20(27)8-4-17)26-28-22-14-18(6-10-23(22)30-26)25-12-11-24(31-25)16(2)29/h3-14H,1-2H3. The molecule has 0 bridgehead atoms. The third-order valence-electron chi connectivity index (χ3n) is 5.25. The third-order valence-corrected chi connectivity index (χ3v) is 6.49. The van der Waals surface area contributed by atoms with Gasteiger partial charge in [-0.05, 0) is 90.7 Å². The maximum absolute atomic E-state index is 13.2. The predicted molar refractivity (Wildman–Crippen MR) is 123 cm³/mol. The molecule has 3 nitrogen and oxygen atoms in total. The van der Waals surface area contributed by atoms with Gasteiger partial charge >= 0.3 is 0 Å². The summed E-state index contributed by atoms with van der Waals surface area (Å²) in [5, 5.41) is 0. The number of oxazole rings is 1. The number of carbonyl (C=O) groups excluding carboxylic acids is 1. The zero-order valence-corrected chi connectivity index (χ0v) is 17.8. The van der Waals surface area contributed by atoms with E-state index in [-0.39, 0.29) is 11.6 Å². The second-order valence-corrected chi connectivity index (χ2v) is 8.54. The van der Waals surface area contributed by atoms with Gasteiger partial charge in [-0.25, -0.2) is 9.37 Å². The van der Waals surface area contributed by atoms with E-state index in [0.29, 0.717) is 11.5 Å². The summed E-state index contributed by atoms with van der Waals surface area (Å²) in [6.07, 6.45) is 0. The fourth-order valence-corrected chi connectivity index (χ4v) is 4.53. The zero-order valence-electron chi connectivity index (χ0n) is 17.0. The highest BCUT2D eigenvalue weighted by atomic mass is 32.1. The van der Waals surface area contributed by atoms with Crippen molar-refractivity contribution >= 4 is 28.2 Å². The van der Waals surface area contributed by atoms with Gasteiger partial charge in [-0.3, -0.25) is 4.79 Å². The molecule has 0 atom stereocenters. The zero-order chi connectivity index (χ0) is 21.5. The summed E-state index contributed by atoms with van der Waals surface area (Å²) in [4.78, 5) is 18.0. The minimum absolute atomic E-state index is 0.0699. The molecule has 0 N–H and O–H groups in total. The Bertz CT molecular complexity index is 1430. The SMILES string of the molecule is CC(=O)c1ccc(-c2ccc3oc(-c4ccc(-c5ccc(F)cc5)c(C)c4)nc3c2)s1. The van der Waals surface area contributed by atoms with Gasteiger partial charge < -0.3 is 4.42 Å². The molecule has 5 heteroatoms. The number of benzene rings is 3. The monoisotopic (exact) mass is 427 g/mol. The highest BCUT2D eigenvalue weighted by Crippen LogP contribution is 2.33. The van der Waals surface area contributed by atoms with Crippen molar-refractivity contribution in [2.24, 2.45) is 0 Å². The topological polar surface area (TPSA) is 43.1 Å². The summed E-state index contributed by atoms with van der Waals surface area (Å²) in [6, 6.07) is 22.2. The van der Waals surface area contributed by atoms with Crippen LogP contribution >= 0.6 is 11.3 Å². The lowest BCUT2D eigenvalue weighted by Crippen LogP contribution is -1.86. The van der Waals surface area contributed by atoms with Gasteiger partial charge in [0.2, 0.25) is 5.89 Å². The van der Waals surface area contributed by atoms with Crippen LogP contribution < -0.4 is 0 Å². The van der Waals surface area contributed by atoms with Crippen LogP contribution in [0.15, 0.2) is 77.2 Å². The van der Waals surface area contributed by atoms with E-state index in [4.69, 9.17) is 4.42 Å². The lowest BCUT2D eigenvalue weighted by molar-refractivity contribution is 0.102. The van der Waals surface area contributed by atoms with Crippen molar-refractivity contribution in [3.63, 3.8) is 0 Å². The first kappa shape index (κ1) is 19.4. The van der Waals surface area contributed by atoms with Crippen molar-refractivity contribution in [3.8, 4) is 33.0 Å². The number of nitrogens with zero attached hydrogens (tertiary/aromatic N) is 1. The molecule has 0 amide bonds. The van der Waals surface area contributed by atoms with Gasteiger partial charge in [0.05, 0.1) is 4.88 Å². The summed E-state index contributed by atoms with van der Waals surface area (Å²) < 4.78 is 19.2. The van der Waals surface area contributed by atoms with Gasteiger partial charge in [-0.1, -0.05) is 18.2 Å². The summed E-state index contributed by atoms with van der Waals surface area (Å²) >= 11 is 1.48. The molecule has 2 aromatic heterocycles. The van der Waals surface area contributed by atoms with E-state index in [1.165, 1.54) is 23.5 Å². The number of hydrogen-bond acceptors (Lipinski definition) is 4. The van der Waals surface area contributed by atoms with Gasteiger partial charge in [-0.2, -0.15) is 0 Å². The van der Waals surface area contributed by atoms with E-state index in [9.17, 15) is 9.18 Å². The average molecular weight is 428 g/mol. The molecule has 152 valence electrons. The first-order chi connectivity index (χ1) is 15.0. The number of hydrogen-bond donors (Lipinski definition) is 0. The average Bonchev–Trinajstić information content (AvgIpc) is 3.41. The van der Waals surface area contributed by atoms with Crippen LogP contribution in [0.4, 0.5) is 4.39 Å². The maximum Gasteiger partial charge on any atom is 0.227 e. The second kappa shape index (κ2) is 7.60. The molecule has 31 heavy (non-hydrogen) atoms. The van der Waals surface area contributed by atoms with Gasteiger partial charge in [0.15, 0.2) is 11.4 Å². The number of thiophene rings is 1. The number of carbonyl (C=O) groups is 1. The largest absolute Gasteiger partial charge is 0.436 e. The Morgan fingerprint density at radius 1 is 0.903 bits per heavy atom. The molecule has 0 radical (unpaired) electrons. The molecule has 0 fully saturated rings. The van der Waals surface area contributed by atoms with Gasteiger partial charge in [0, 0.05) is 10.4 Å². The summed E-state index contributed by atoms with van der Waals surface area (Å²) in [5.41, 5.74) is 6.44. The molecular formula is C26H18FNO2S. The highest BCUT2D eigenvalue weighted by Gasteiger charge is 2.13. The van der Waals surface area contributed by atoms with Crippen molar-refractivity contribution in [3.05, 3.63) is 89.1 Å². The van der Waals surface area contributed by atoms with Gasteiger partial charge in [0.1, 0.15) is 11.3 Å². The van der Waals surface area contributed by atoms with Crippen LogP contribution in [0.1, 0.15) is 22.2 Å². The van der Waals surface area contributed by atoms with Crippen LogP contribution in [0, 0.1) is 12.7 Å². The molecule has 0 saturated heterocycles. The van der Waals surface area contributed by atoms with E-state index in [1.807, 2.05) is 55.5 Å². The highest BCUT2D eigenvalue weighted by molar-refractivity contribution is 7.17. The van der Waals surface area contributed by atoms with Crippen LogP contribution in [-0.4, -0.2) is 10.8 Å². The minimum atomic E-state index is -0.246. The first-order valence-corrected chi connectivity index (χ1v) is 10.7. The molecule has 3 aromatic carbocycles. The van der Waals surface area contributed by atoms with Crippen molar-refractivity contribution in [1.82, 2.24) is 4.98 Å². The normalized spacial score (nSPS) is 11.2. The predicted octanol–water partition coefficient (Wildman–Crippen LogP) is 7.54. The van der Waals surface area contributed by atoms with E-state index in [2.05, 4.69) is 4.98 Å². The first-order valence-electron chi connectivity index (χ1n) is 9.86. The van der Waals surface area contributed by atoms with Crippen LogP contribution in [0.3, 0.4) is 0 Å². The van der Waals surface area contributed by atoms with Crippen molar-refractivity contribution in [2.75, 3.05) is 0 Å². The Morgan fingerprint density at radius 2 is 1.65 bits per heavy atom. The molecule has 0 saturated carbocycles. The second-order valence-electron chi connectivity index (χ2n) is 7.46. The number of aromatic nitrogens is 1. The molecule has 0 unspecified atom stereocenters. The Morgan fingerprint density at radius 3 is 2.35 bits per heavy atom. The smallest absolute Gasteiger partial charge is 0.227 e. The Labute approximate surface area is 182 Å². The number of rotatable bonds is 4. The quantitative estimate of drug-likeness (QED) is 0.278. The van der Waals surface area contributed by atoms with Crippen LogP contribution in [0.5, 0.6) is 0 Å². The molecule has 0 aliphatic rings. The molecule has 5 aromatic rings. The number of halogens is 1. The van der Waals surface area contributed by atoms with E-state index in [0.717, 1.165) is 43.1 Å². The maximum atomic E-state index is 13.2. The van der Waals surface area contributed by atoms with Gasteiger partial charge in [-0.15, -0.1) is 11.3 Å². The van der Waals surface area contributed by atoms with E-state index in [1.54, 1.807) is 19.1 Å².